The molecule has 0 atom stereocenters. The van der Waals surface area contributed by atoms with E-state index in [1.54, 1.807) is 0 Å². The first-order valence-corrected chi connectivity index (χ1v) is 1.49. The SMILES string of the molecule is [Au+].[c-]1ccc[nH]1. The van der Waals surface area contributed by atoms with Crippen LogP contribution in [0.15, 0.2) is 18.3 Å². The molecule has 0 bridgehead atoms. The average molecular weight is 263 g/mol. The Kier molecular flexibility index (Phi) is 3.23. The number of H-pyrrole nitrogens is 1. The molecule has 2 heteroatoms. The van der Waals surface area contributed by atoms with E-state index in [-0.39, 0.29) is 22.4 Å². The van der Waals surface area contributed by atoms with Crippen molar-refractivity contribution in [3.05, 3.63) is 24.5 Å². The molecule has 1 heterocycles. The van der Waals surface area contributed by atoms with Crippen LogP contribution in [0.2, 0.25) is 0 Å². The Morgan fingerprint density at radius 2 is 2.33 bits per heavy atom. The van der Waals surface area contributed by atoms with Crippen LogP contribution in [-0.4, -0.2) is 4.98 Å². The predicted octanol–water partition coefficient (Wildman–Crippen LogP) is 0.812. The largest absolute Gasteiger partial charge is 1.00 e. The molecule has 1 nitrogen and oxygen atoms in total. The van der Waals surface area contributed by atoms with Crippen molar-refractivity contribution in [2.24, 2.45) is 0 Å². The molecule has 1 aromatic rings. The molecule has 0 aliphatic rings. The van der Waals surface area contributed by atoms with Crippen LogP contribution in [0.4, 0.5) is 0 Å². The standard InChI is InChI=1S/C4H4N.Au/c1-2-4-5-3-1;/h1-3,5H;/q-1;+1. The maximum absolute atomic E-state index is 2.74. The molecule has 0 aliphatic heterocycles. The minimum absolute atomic E-state index is 0. The molecule has 6 heavy (non-hydrogen) atoms. The molecular weight excluding hydrogens is 259 g/mol. The Balaban J connectivity index is 0.000000250. The molecule has 0 fully saturated rings. The van der Waals surface area contributed by atoms with Gasteiger partial charge in [0.2, 0.25) is 0 Å². The van der Waals surface area contributed by atoms with Crippen LogP contribution in [0.25, 0.3) is 0 Å². The van der Waals surface area contributed by atoms with E-state index >= 15 is 0 Å². The van der Waals surface area contributed by atoms with Crippen molar-refractivity contribution in [2.45, 2.75) is 0 Å². The van der Waals surface area contributed by atoms with Crippen molar-refractivity contribution in [1.82, 2.24) is 4.98 Å². The van der Waals surface area contributed by atoms with Crippen molar-refractivity contribution in [3.8, 4) is 0 Å². The summed E-state index contributed by atoms with van der Waals surface area (Å²) in [6.07, 6.45) is 4.56. The van der Waals surface area contributed by atoms with Gasteiger partial charge in [-0.1, -0.05) is 0 Å². The summed E-state index contributed by atoms with van der Waals surface area (Å²) in [5.41, 5.74) is 0. The van der Waals surface area contributed by atoms with Gasteiger partial charge in [0.25, 0.3) is 0 Å². The Bertz CT molecular complexity index is 64.0. The first-order valence-electron chi connectivity index (χ1n) is 1.49. The summed E-state index contributed by atoms with van der Waals surface area (Å²) in [6.45, 7) is 0. The third-order valence-corrected chi connectivity index (χ3v) is 0.442. The summed E-state index contributed by atoms with van der Waals surface area (Å²) in [7, 11) is 0. The number of aromatic nitrogens is 1. The molecule has 0 aromatic carbocycles. The van der Waals surface area contributed by atoms with E-state index in [0.717, 1.165) is 0 Å². The monoisotopic (exact) mass is 263 g/mol. The van der Waals surface area contributed by atoms with Gasteiger partial charge in [-0.2, -0.15) is 18.3 Å². The molecular formula is C4H4AuN. The number of hydrogen-bond acceptors (Lipinski definition) is 0. The summed E-state index contributed by atoms with van der Waals surface area (Å²) >= 11 is 0. The molecule has 0 saturated heterocycles. The summed E-state index contributed by atoms with van der Waals surface area (Å²) < 4.78 is 0. The van der Waals surface area contributed by atoms with Crippen LogP contribution < -0.4 is 0 Å². The summed E-state index contributed by atoms with van der Waals surface area (Å²) in [5.74, 6) is 0. The van der Waals surface area contributed by atoms with E-state index in [1.807, 2.05) is 18.3 Å². The van der Waals surface area contributed by atoms with Gasteiger partial charge in [-0.3, -0.25) is 0 Å². The Hall–Kier alpha value is 0.0203. The van der Waals surface area contributed by atoms with E-state index < -0.39 is 0 Å². The predicted molar refractivity (Wildman–Crippen MR) is 19.6 cm³/mol. The molecule has 36 valence electrons. The minimum Gasteiger partial charge on any atom is -0.484 e. The van der Waals surface area contributed by atoms with Crippen molar-refractivity contribution in [1.29, 1.82) is 0 Å². The number of nitrogens with one attached hydrogen (secondary N) is 1. The van der Waals surface area contributed by atoms with Gasteiger partial charge < -0.3 is 4.98 Å². The first kappa shape index (κ1) is 6.02. The maximum atomic E-state index is 2.74. The van der Waals surface area contributed by atoms with Gasteiger partial charge in [-0.15, -0.1) is 6.20 Å². The molecule has 0 saturated carbocycles. The van der Waals surface area contributed by atoms with Crippen LogP contribution in [0.5, 0.6) is 0 Å². The second-order valence-electron chi connectivity index (χ2n) is 0.814. The molecule has 0 spiro atoms. The van der Waals surface area contributed by atoms with E-state index in [1.165, 1.54) is 0 Å². The van der Waals surface area contributed by atoms with Gasteiger partial charge in [0.05, 0.1) is 0 Å². The van der Waals surface area contributed by atoms with Crippen LogP contribution in [0, 0.1) is 6.20 Å². The fourth-order valence-electron chi connectivity index (χ4n) is 0.241. The third kappa shape index (κ3) is 1.46. The average Bonchev–Trinajstić information content (AvgIpc) is 1.76. The molecule has 1 N–H and O–H groups in total. The summed E-state index contributed by atoms with van der Waals surface area (Å²) in [4.78, 5) is 2.74. The van der Waals surface area contributed by atoms with Gasteiger partial charge in [0.15, 0.2) is 0 Å². The number of rotatable bonds is 0. The molecule has 0 unspecified atom stereocenters. The zero-order valence-electron chi connectivity index (χ0n) is 3.03. The van der Waals surface area contributed by atoms with Crippen LogP contribution in [0.1, 0.15) is 0 Å². The fourth-order valence-corrected chi connectivity index (χ4v) is 0.241. The third-order valence-electron chi connectivity index (χ3n) is 0.442. The van der Waals surface area contributed by atoms with Gasteiger partial charge in [-0.25, -0.2) is 0 Å². The van der Waals surface area contributed by atoms with Crippen molar-refractivity contribution < 1.29 is 22.4 Å². The minimum atomic E-state index is 0. The van der Waals surface area contributed by atoms with Crippen molar-refractivity contribution >= 4 is 0 Å². The number of hydrogen-bond donors (Lipinski definition) is 1. The second-order valence-corrected chi connectivity index (χ2v) is 0.814. The smallest absolute Gasteiger partial charge is 0.484 e. The molecule has 1 rings (SSSR count). The van der Waals surface area contributed by atoms with Gasteiger partial charge in [0, 0.05) is 0 Å². The van der Waals surface area contributed by atoms with E-state index in [4.69, 9.17) is 0 Å². The Labute approximate surface area is 52.3 Å². The van der Waals surface area contributed by atoms with Crippen molar-refractivity contribution in [3.63, 3.8) is 0 Å². The Morgan fingerprint density at radius 3 is 2.50 bits per heavy atom. The zero-order valence-corrected chi connectivity index (χ0v) is 5.20. The summed E-state index contributed by atoms with van der Waals surface area (Å²) in [6, 6.07) is 3.71. The quantitative estimate of drug-likeness (QED) is 0.526. The van der Waals surface area contributed by atoms with Gasteiger partial charge >= 0.3 is 22.4 Å². The van der Waals surface area contributed by atoms with Crippen LogP contribution in [-0.2, 0) is 22.4 Å². The number of aromatic amines is 1. The van der Waals surface area contributed by atoms with E-state index in [0.29, 0.717) is 0 Å². The Morgan fingerprint density at radius 1 is 1.50 bits per heavy atom. The zero-order chi connectivity index (χ0) is 3.54. The van der Waals surface area contributed by atoms with Gasteiger partial charge in [-0.05, 0) is 0 Å². The summed E-state index contributed by atoms with van der Waals surface area (Å²) in [5, 5.41) is 0. The first-order chi connectivity index (χ1) is 2.50. The second kappa shape index (κ2) is 3.22. The fraction of sp³-hybridized carbons (Fsp3) is 0. The van der Waals surface area contributed by atoms with E-state index in [9.17, 15) is 0 Å². The van der Waals surface area contributed by atoms with Crippen molar-refractivity contribution in [2.75, 3.05) is 0 Å². The normalized spacial score (nSPS) is 6.67. The van der Waals surface area contributed by atoms with Gasteiger partial charge in [0.1, 0.15) is 0 Å². The molecule has 0 aliphatic carbocycles. The molecule has 1 aromatic heterocycles. The molecule has 0 radical (unpaired) electrons. The van der Waals surface area contributed by atoms with Crippen LogP contribution in [0.3, 0.4) is 0 Å². The van der Waals surface area contributed by atoms with E-state index in [2.05, 4.69) is 11.2 Å². The maximum Gasteiger partial charge on any atom is 1.00 e. The topological polar surface area (TPSA) is 15.8 Å². The molecule has 0 amide bonds. The van der Waals surface area contributed by atoms with Crippen LogP contribution >= 0.6 is 0 Å².